The van der Waals surface area contributed by atoms with E-state index in [1.54, 1.807) is 6.07 Å². The van der Waals surface area contributed by atoms with Gasteiger partial charge in [0.25, 0.3) is 0 Å². The van der Waals surface area contributed by atoms with Crippen LogP contribution in [-0.2, 0) is 0 Å². The van der Waals surface area contributed by atoms with Gasteiger partial charge in [0.15, 0.2) is 0 Å². The lowest BCUT2D eigenvalue weighted by molar-refractivity contribution is 0.132. The van der Waals surface area contributed by atoms with Crippen LogP contribution in [0.15, 0.2) is 22.8 Å². The number of halogens is 1. The fraction of sp³-hybridized carbons (Fsp3) is 0.500. The van der Waals surface area contributed by atoms with Crippen molar-refractivity contribution in [3.05, 3.63) is 22.8 Å². The van der Waals surface area contributed by atoms with E-state index in [1.807, 2.05) is 19.1 Å². The van der Waals surface area contributed by atoms with Crippen LogP contribution in [0.4, 0.5) is 5.82 Å². The molecule has 0 radical (unpaired) electrons. The molecule has 0 spiro atoms. The highest BCUT2D eigenvalue weighted by atomic mass is 79.9. The maximum absolute atomic E-state index is 9.25. The smallest absolute Gasteiger partial charge is 0.127 e. The molecule has 84 valence electrons. The molecule has 0 atom stereocenters. The molecule has 0 amide bonds. The molecule has 0 saturated carbocycles. The number of aliphatic hydroxyl groups is 2. The van der Waals surface area contributed by atoms with E-state index in [2.05, 4.69) is 26.2 Å². The molecule has 15 heavy (non-hydrogen) atoms. The average molecular weight is 275 g/mol. The lowest BCUT2D eigenvalue weighted by atomic mass is 9.98. The number of aliphatic hydroxyl groups excluding tert-OH is 2. The van der Waals surface area contributed by atoms with Crippen molar-refractivity contribution in [1.82, 2.24) is 4.98 Å². The van der Waals surface area contributed by atoms with E-state index in [0.29, 0.717) is 16.8 Å². The molecule has 0 aliphatic carbocycles. The predicted octanol–water partition coefficient (Wildman–Crippen LogP) is 1.39. The summed E-state index contributed by atoms with van der Waals surface area (Å²) in [5.41, 5.74) is -0.701. The van der Waals surface area contributed by atoms with Crippen molar-refractivity contribution in [3.8, 4) is 0 Å². The van der Waals surface area contributed by atoms with Gasteiger partial charge in [-0.1, -0.05) is 13.0 Å². The topological polar surface area (TPSA) is 65.4 Å². The third-order valence-corrected chi connectivity index (χ3v) is 2.83. The number of anilines is 1. The maximum Gasteiger partial charge on any atom is 0.127 e. The normalized spacial score (nSPS) is 11.5. The number of pyridine rings is 1. The average Bonchev–Trinajstić information content (AvgIpc) is 2.26. The first-order valence-electron chi connectivity index (χ1n) is 4.78. The van der Waals surface area contributed by atoms with Gasteiger partial charge >= 0.3 is 0 Å². The summed E-state index contributed by atoms with van der Waals surface area (Å²) in [5, 5.41) is 21.5. The van der Waals surface area contributed by atoms with Gasteiger partial charge in [0.05, 0.1) is 18.8 Å². The Morgan fingerprint density at radius 3 is 2.53 bits per heavy atom. The van der Waals surface area contributed by atoms with Gasteiger partial charge in [-0.25, -0.2) is 4.98 Å². The second-order valence-corrected chi connectivity index (χ2v) is 4.23. The van der Waals surface area contributed by atoms with E-state index in [1.165, 1.54) is 0 Å². The van der Waals surface area contributed by atoms with Crippen LogP contribution in [-0.4, -0.2) is 33.9 Å². The highest BCUT2D eigenvalue weighted by Gasteiger charge is 2.26. The van der Waals surface area contributed by atoms with Crippen molar-refractivity contribution < 1.29 is 10.2 Å². The number of hydrogen-bond donors (Lipinski definition) is 3. The van der Waals surface area contributed by atoms with E-state index in [4.69, 9.17) is 0 Å². The lowest BCUT2D eigenvalue weighted by Crippen LogP contribution is -2.45. The van der Waals surface area contributed by atoms with Gasteiger partial charge in [0.2, 0.25) is 0 Å². The molecule has 0 aliphatic heterocycles. The largest absolute Gasteiger partial charge is 0.394 e. The Kier molecular flexibility index (Phi) is 4.50. The summed E-state index contributed by atoms with van der Waals surface area (Å²) >= 11 is 3.26. The zero-order chi connectivity index (χ0) is 11.3. The molecule has 5 heteroatoms. The van der Waals surface area contributed by atoms with Gasteiger partial charge in [-0.3, -0.25) is 0 Å². The minimum Gasteiger partial charge on any atom is -0.394 e. The number of nitrogens with zero attached hydrogens (tertiary/aromatic N) is 1. The molecule has 0 unspecified atom stereocenters. The molecule has 0 fully saturated rings. The van der Waals surface area contributed by atoms with Crippen LogP contribution in [0.1, 0.15) is 13.3 Å². The van der Waals surface area contributed by atoms with Crippen LogP contribution < -0.4 is 5.32 Å². The molecule has 3 N–H and O–H groups in total. The van der Waals surface area contributed by atoms with Gasteiger partial charge < -0.3 is 15.5 Å². The van der Waals surface area contributed by atoms with E-state index < -0.39 is 5.54 Å². The summed E-state index contributed by atoms with van der Waals surface area (Å²) in [7, 11) is 0. The Labute approximate surface area is 97.5 Å². The van der Waals surface area contributed by atoms with E-state index >= 15 is 0 Å². The first kappa shape index (κ1) is 12.4. The number of nitrogens with one attached hydrogen (secondary N) is 1. The standard InChI is InChI=1S/C10H15BrN2O2/c1-2-10(6-14,7-15)13-9-5-3-4-8(11)12-9/h3-5,14-15H,2,6-7H2,1H3,(H,12,13). The second-order valence-electron chi connectivity index (χ2n) is 3.42. The zero-order valence-electron chi connectivity index (χ0n) is 8.57. The summed E-state index contributed by atoms with van der Waals surface area (Å²) in [6.45, 7) is 1.64. The van der Waals surface area contributed by atoms with Crippen molar-refractivity contribution in [2.24, 2.45) is 0 Å². The van der Waals surface area contributed by atoms with Crippen molar-refractivity contribution in [1.29, 1.82) is 0 Å². The minimum absolute atomic E-state index is 0.131. The number of aromatic nitrogens is 1. The summed E-state index contributed by atoms with van der Waals surface area (Å²) in [6, 6.07) is 5.45. The molecule has 4 nitrogen and oxygen atoms in total. The quantitative estimate of drug-likeness (QED) is 0.710. The van der Waals surface area contributed by atoms with E-state index in [9.17, 15) is 10.2 Å². The fourth-order valence-corrected chi connectivity index (χ4v) is 1.53. The molecular formula is C10H15BrN2O2. The highest BCUT2D eigenvalue weighted by molar-refractivity contribution is 9.10. The van der Waals surface area contributed by atoms with Gasteiger partial charge in [0, 0.05) is 0 Å². The fourth-order valence-electron chi connectivity index (χ4n) is 1.19. The van der Waals surface area contributed by atoms with Crippen LogP contribution in [0.2, 0.25) is 0 Å². The minimum atomic E-state index is -0.701. The lowest BCUT2D eigenvalue weighted by Gasteiger charge is -2.30. The Morgan fingerprint density at radius 1 is 1.40 bits per heavy atom. The second kappa shape index (κ2) is 5.44. The summed E-state index contributed by atoms with van der Waals surface area (Å²) in [6.07, 6.45) is 0.619. The monoisotopic (exact) mass is 274 g/mol. The summed E-state index contributed by atoms with van der Waals surface area (Å²) in [4.78, 5) is 4.19. The van der Waals surface area contributed by atoms with Crippen molar-refractivity contribution in [2.45, 2.75) is 18.9 Å². The first-order chi connectivity index (χ1) is 7.15. The molecule has 0 bridgehead atoms. The highest BCUT2D eigenvalue weighted by Crippen LogP contribution is 2.18. The summed E-state index contributed by atoms with van der Waals surface area (Å²) < 4.78 is 0.716. The van der Waals surface area contributed by atoms with E-state index in [-0.39, 0.29) is 13.2 Å². The molecule has 1 heterocycles. The van der Waals surface area contributed by atoms with Gasteiger partial charge in [-0.05, 0) is 34.5 Å². The van der Waals surface area contributed by atoms with Crippen LogP contribution in [0.5, 0.6) is 0 Å². The van der Waals surface area contributed by atoms with Crippen LogP contribution in [0, 0.1) is 0 Å². The molecule has 0 aromatic carbocycles. The molecule has 1 aromatic rings. The number of rotatable bonds is 5. The molecule has 0 aliphatic rings. The summed E-state index contributed by atoms with van der Waals surface area (Å²) in [5.74, 6) is 0.634. The first-order valence-corrected chi connectivity index (χ1v) is 5.57. The van der Waals surface area contributed by atoms with Crippen molar-refractivity contribution in [2.75, 3.05) is 18.5 Å². The maximum atomic E-state index is 9.25. The number of hydrogen-bond acceptors (Lipinski definition) is 4. The molecule has 1 aromatic heterocycles. The van der Waals surface area contributed by atoms with Crippen LogP contribution in [0.25, 0.3) is 0 Å². The van der Waals surface area contributed by atoms with Crippen molar-refractivity contribution in [3.63, 3.8) is 0 Å². The predicted molar refractivity (Wildman–Crippen MR) is 62.8 cm³/mol. The van der Waals surface area contributed by atoms with Crippen LogP contribution in [0.3, 0.4) is 0 Å². The van der Waals surface area contributed by atoms with Gasteiger partial charge in [0.1, 0.15) is 10.4 Å². The Balaban J connectivity index is 2.82. The van der Waals surface area contributed by atoms with E-state index in [0.717, 1.165) is 0 Å². The third kappa shape index (κ3) is 3.15. The molecule has 1 rings (SSSR count). The van der Waals surface area contributed by atoms with Crippen molar-refractivity contribution >= 4 is 21.7 Å². The zero-order valence-corrected chi connectivity index (χ0v) is 10.2. The Bertz CT molecular complexity index is 308. The van der Waals surface area contributed by atoms with Crippen LogP contribution >= 0.6 is 15.9 Å². The molecule has 0 saturated heterocycles. The van der Waals surface area contributed by atoms with Gasteiger partial charge in [-0.15, -0.1) is 0 Å². The third-order valence-electron chi connectivity index (χ3n) is 2.39. The SMILES string of the molecule is CCC(CO)(CO)Nc1cccc(Br)n1. The molecular weight excluding hydrogens is 260 g/mol. The Hall–Kier alpha value is -0.650. The Morgan fingerprint density at radius 2 is 2.07 bits per heavy atom. The van der Waals surface area contributed by atoms with Gasteiger partial charge in [-0.2, -0.15) is 0 Å².